The first-order valence-electron chi connectivity index (χ1n) is 7.15. The van der Waals surface area contributed by atoms with Crippen LogP contribution >= 0.6 is 0 Å². The Kier molecular flexibility index (Phi) is 4.44. The lowest BCUT2D eigenvalue weighted by molar-refractivity contribution is 0.00432. The Hall–Kier alpha value is -1.01. The van der Waals surface area contributed by atoms with Crippen LogP contribution in [0.2, 0.25) is 0 Å². The average Bonchev–Trinajstić information content (AvgIpc) is 2.82. The summed E-state index contributed by atoms with van der Waals surface area (Å²) in [4.78, 5) is 0. The Labute approximate surface area is 118 Å². The minimum Gasteiger partial charge on any atom is -0.272 e. The summed E-state index contributed by atoms with van der Waals surface area (Å²) < 4.78 is 28.3. The highest BCUT2D eigenvalue weighted by Crippen LogP contribution is 2.41. The highest BCUT2D eigenvalue weighted by atomic mass is 19.3. The average molecular weight is 286 g/mol. The summed E-state index contributed by atoms with van der Waals surface area (Å²) in [6.45, 7) is 3.99. The molecule has 4 nitrogen and oxygen atoms in total. The second kappa shape index (κ2) is 5.77. The van der Waals surface area contributed by atoms with E-state index in [1.165, 1.54) is 5.56 Å². The van der Waals surface area contributed by atoms with E-state index in [1.54, 1.807) is 0 Å². The van der Waals surface area contributed by atoms with Gasteiger partial charge in [-0.1, -0.05) is 0 Å². The van der Waals surface area contributed by atoms with E-state index in [0.29, 0.717) is 12.8 Å². The number of aromatic nitrogens is 2. The lowest BCUT2D eigenvalue weighted by Crippen LogP contribution is -2.38. The zero-order chi connectivity index (χ0) is 14.9. The fraction of sp³-hybridized carbons (Fsp3) is 0.786. The van der Waals surface area contributed by atoms with Crippen molar-refractivity contribution < 1.29 is 8.78 Å². The van der Waals surface area contributed by atoms with Gasteiger partial charge in [-0.15, -0.1) is 0 Å². The third-order valence-corrected chi connectivity index (χ3v) is 4.47. The van der Waals surface area contributed by atoms with Crippen LogP contribution in [0.5, 0.6) is 0 Å². The zero-order valence-electron chi connectivity index (χ0n) is 12.4. The maximum absolute atomic E-state index is 13.2. The summed E-state index contributed by atoms with van der Waals surface area (Å²) in [5.74, 6) is 3.19. The topological polar surface area (TPSA) is 55.9 Å². The van der Waals surface area contributed by atoms with Crippen molar-refractivity contribution in [1.82, 2.24) is 15.2 Å². The van der Waals surface area contributed by atoms with Crippen LogP contribution in [0.15, 0.2) is 0 Å². The number of hydrogen-bond acceptors (Lipinski definition) is 3. The molecule has 1 aromatic rings. The highest BCUT2D eigenvalue weighted by Gasteiger charge is 2.39. The van der Waals surface area contributed by atoms with Crippen molar-refractivity contribution in [2.75, 3.05) is 0 Å². The third kappa shape index (κ3) is 3.35. The summed E-state index contributed by atoms with van der Waals surface area (Å²) in [5, 5.41) is 4.38. The molecule has 0 aromatic carbocycles. The van der Waals surface area contributed by atoms with Gasteiger partial charge >= 0.3 is 0 Å². The molecule has 114 valence electrons. The molecule has 2 rings (SSSR count). The van der Waals surface area contributed by atoms with E-state index in [0.717, 1.165) is 17.8 Å². The molecule has 1 heterocycles. The van der Waals surface area contributed by atoms with Crippen LogP contribution in [0.3, 0.4) is 0 Å². The predicted molar refractivity (Wildman–Crippen MR) is 74.4 cm³/mol. The number of nitrogens with two attached hydrogens (primary N) is 1. The summed E-state index contributed by atoms with van der Waals surface area (Å²) in [7, 11) is 1.91. The van der Waals surface area contributed by atoms with Crippen LogP contribution in [0.4, 0.5) is 8.78 Å². The van der Waals surface area contributed by atoms with Gasteiger partial charge in [-0.2, -0.15) is 5.10 Å². The third-order valence-electron chi connectivity index (χ3n) is 4.47. The van der Waals surface area contributed by atoms with Crippen molar-refractivity contribution in [3.63, 3.8) is 0 Å². The molecule has 1 fully saturated rings. The highest BCUT2D eigenvalue weighted by molar-refractivity contribution is 5.25. The first-order chi connectivity index (χ1) is 9.32. The standard InChI is InChI=1S/C14H24F2N4/c1-9-13(10(2)20(3)19-9)7-12(18-17)6-11-4-5-14(15,16)8-11/h11-12,18H,4-8,17H2,1-3H3. The molecule has 0 radical (unpaired) electrons. The number of halogens is 2. The molecular weight excluding hydrogens is 262 g/mol. The fourth-order valence-corrected chi connectivity index (χ4v) is 3.21. The Balaban J connectivity index is 1.99. The Bertz CT molecular complexity index is 470. The number of hydrogen-bond donors (Lipinski definition) is 2. The van der Waals surface area contributed by atoms with Crippen LogP contribution in [0, 0.1) is 19.8 Å². The number of aryl methyl sites for hydroxylation is 2. The number of nitrogens with one attached hydrogen (secondary N) is 1. The van der Waals surface area contributed by atoms with Gasteiger partial charge in [-0.25, -0.2) is 8.78 Å². The normalized spacial score (nSPS) is 23.2. The Morgan fingerprint density at radius 1 is 1.50 bits per heavy atom. The van der Waals surface area contributed by atoms with Crippen molar-refractivity contribution in [1.29, 1.82) is 0 Å². The molecule has 6 heteroatoms. The maximum atomic E-state index is 13.2. The van der Waals surface area contributed by atoms with Gasteiger partial charge in [-0.05, 0) is 44.6 Å². The minimum atomic E-state index is -2.48. The fourth-order valence-electron chi connectivity index (χ4n) is 3.21. The van der Waals surface area contributed by atoms with Crippen LogP contribution in [0.1, 0.15) is 42.6 Å². The van der Waals surface area contributed by atoms with Crippen molar-refractivity contribution in [2.24, 2.45) is 18.8 Å². The smallest absolute Gasteiger partial charge is 0.248 e. The first kappa shape index (κ1) is 15.4. The Morgan fingerprint density at radius 2 is 2.20 bits per heavy atom. The van der Waals surface area contributed by atoms with E-state index >= 15 is 0 Å². The number of hydrazine groups is 1. The molecule has 1 aromatic heterocycles. The summed E-state index contributed by atoms with van der Waals surface area (Å²) in [6, 6.07) is 0.0236. The van der Waals surface area contributed by atoms with Crippen molar-refractivity contribution >= 4 is 0 Å². The van der Waals surface area contributed by atoms with Gasteiger partial charge in [0.2, 0.25) is 5.92 Å². The van der Waals surface area contributed by atoms with Gasteiger partial charge in [0.25, 0.3) is 0 Å². The molecule has 0 spiro atoms. The molecule has 0 saturated heterocycles. The molecular formula is C14H24F2N4. The van der Waals surface area contributed by atoms with E-state index < -0.39 is 5.92 Å². The van der Waals surface area contributed by atoms with Crippen LogP contribution in [-0.2, 0) is 13.5 Å². The van der Waals surface area contributed by atoms with Gasteiger partial charge in [0, 0.05) is 31.6 Å². The van der Waals surface area contributed by atoms with Gasteiger partial charge in [0.05, 0.1) is 5.69 Å². The molecule has 0 amide bonds. The summed E-state index contributed by atoms with van der Waals surface area (Å²) in [6.07, 6.45) is 2.04. The number of alkyl halides is 2. The van der Waals surface area contributed by atoms with Crippen molar-refractivity contribution in [3.8, 4) is 0 Å². The van der Waals surface area contributed by atoms with E-state index in [4.69, 9.17) is 5.84 Å². The SMILES string of the molecule is Cc1nn(C)c(C)c1CC(CC1CCC(F)(F)C1)NN. The lowest BCUT2D eigenvalue weighted by Gasteiger charge is -2.20. The van der Waals surface area contributed by atoms with Crippen LogP contribution in [0.25, 0.3) is 0 Å². The predicted octanol–water partition coefficient (Wildman–Crippen LogP) is 2.24. The summed E-state index contributed by atoms with van der Waals surface area (Å²) in [5.41, 5.74) is 6.05. The number of rotatable bonds is 5. The monoisotopic (exact) mass is 286 g/mol. The van der Waals surface area contributed by atoms with Crippen molar-refractivity contribution in [2.45, 2.75) is 57.9 Å². The molecule has 1 aliphatic rings. The van der Waals surface area contributed by atoms with Gasteiger partial charge in [0.15, 0.2) is 0 Å². The number of nitrogens with zero attached hydrogens (tertiary/aromatic N) is 2. The van der Waals surface area contributed by atoms with E-state index in [9.17, 15) is 8.78 Å². The van der Waals surface area contributed by atoms with Gasteiger partial charge in [-0.3, -0.25) is 16.0 Å². The second-order valence-corrected chi connectivity index (χ2v) is 6.04. The van der Waals surface area contributed by atoms with E-state index in [-0.39, 0.29) is 24.8 Å². The van der Waals surface area contributed by atoms with Crippen molar-refractivity contribution in [3.05, 3.63) is 17.0 Å². The van der Waals surface area contributed by atoms with Gasteiger partial charge in [0.1, 0.15) is 0 Å². The molecule has 0 bridgehead atoms. The second-order valence-electron chi connectivity index (χ2n) is 6.04. The quantitative estimate of drug-likeness (QED) is 0.645. The molecule has 1 aliphatic carbocycles. The molecule has 2 unspecified atom stereocenters. The van der Waals surface area contributed by atoms with E-state index in [1.807, 2.05) is 25.6 Å². The zero-order valence-corrected chi connectivity index (χ0v) is 12.4. The largest absolute Gasteiger partial charge is 0.272 e. The summed E-state index contributed by atoms with van der Waals surface area (Å²) >= 11 is 0. The minimum absolute atomic E-state index is 0.00379. The lowest BCUT2D eigenvalue weighted by atomic mass is 9.93. The molecule has 2 atom stereocenters. The molecule has 0 aliphatic heterocycles. The molecule has 1 saturated carbocycles. The Morgan fingerprint density at radius 3 is 2.65 bits per heavy atom. The molecule has 3 N–H and O–H groups in total. The first-order valence-corrected chi connectivity index (χ1v) is 7.15. The molecule has 20 heavy (non-hydrogen) atoms. The maximum Gasteiger partial charge on any atom is 0.248 e. The van der Waals surface area contributed by atoms with E-state index in [2.05, 4.69) is 10.5 Å². The van der Waals surface area contributed by atoms with Crippen LogP contribution < -0.4 is 11.3 Å². The van der Waals surface area contributed by atoms with Gasteiger partial charge < -0.3 is 0 Å². The van der Waals surface area contributed by atoms with Crippen LogP contribution in [-0.4, -0.2) is 21.7 Å².